The first-order valence-electron chi connectivity index (χ1n) is 6.38. The summed E-state index contributed by atoms with van der Waals surface area (Å²) >= 11 is 1.71. The molecule has 0 aromatic rings. The van der Waals surface area contributed by atoms with Crippen molar-refractivity contribution in [2.75, 3.05) is 25.2 Å². The number of carbonyl (C=O) groups excluding carboxylic acids is 1. The first kappa shape index (κ1) is 14.8. The predicted molar refractivity (Wildman–Crippen MR) is 72.2 cm³/mol. The SMILES string of the molecule is CSCC[C@@H](N)C(=O)NCCC1CCCCO1. The maximum absolute atomic E-state index is 11.6. The lowest BCUT2D eigenvalue weighted by atomic mass is 10.1. The van der Waals surface area contributed by atoms with E-state index in [4.69, 9.17) is 10.5 Å². The van der Waals surface area contributed by atoms with E-state index < -0.39 is 0 Å². The molecule has 0 aliphatic carbocycles. The molecule has 1 amide bonds. The van der Waals surface area contributed by atoms with Crippen LogP contribution in [0.5, 0.6) is 0 Å². The van der Waals surface area contributed by atoms with E-state index in [0.29, 0.717) is 12.6 Å². The zero-order chi connectivity index (χ0) is 12.5. The molecule has 0 aromatic carbocycles. The van der Waals surface area contributed by atoms with Gasteiger partial charge in [-0.25, -0.2) is 0 Å². The number of carbonyl (C=O) groups is 1. The van der Waals surface area contributed by atoms with Crippen LogP contribution in [0.15, 0.2) is 0 Å². The van der Waals surface area contributed by atoms with Crippen molar-refractivity contribution in [2.45, 2.75) is 44.2 Å². The molecule has 4 nitrogen and oxygen atoms in total. The Kier molecular flexibility index (Phi) is 7.64. The second-order valence-corrected chi connectivity index (χ2v) is 5.44. The molecule has 100 valence electrons. The van der Waals surface area contributed by atoms with Gasteiger partial charge in [0.25, 0.3) is 0 Å². The molecule has 2 atom stereocenters. The molecule has 1 aliphatic rings. The summed E-state index contributed by atoms with van der Waals surface area (Å²) in [5.41, 5.74) is 5.77. The molecule has 0 aromatic heterocycles. The number of nitrogens with one attached hydrogen (secondary N) is 1. The summed E-state index contributed by atoms with van der Waals surface area (Å²) in [5, 5.41) is 2.89. The number of amides is 1. The van der Waals surface area contributed by atoms with Crippen molar-refractivity contribution in [1.29, 1.82) is 0 Å². The largest absolute Gasteiger partial charge is 0.378 e. The maximum atomic E-state index is 11.6. The lowest BCUT2D eigenvalue weighted by Gasteiger charge is -2.22. The molecule has 1 saturated heterocycles. The Morgan fingerprint density at radius 1 is 1.59 bits per heavy atom. The van der Waals surface area contributed by atoms with Gasteiger partial charge in [0.05, 0.1) is 12.1 Å². The van der Waals surface area contributed by atoms with Gasteiger partial charge in [0.2, 0.25) is 5.91 Å². The third-order valence-electron chi connectivity index (χ3n) is 3.01. The Hall–Kier alpha value is -0.260. The Labute approximate surface area is 108 Å². The van der Waals surface area contributed by atoms with Gasteiger partial charge in [-0.1, -0.05) is 0 Å². The Balaban J connectivity index is 2.06. The van der Waals surface area contributed by atoms with Gasteiger partial charge in [-0.3, -0.25) is 4.79 Å². The van der Waals surface area contributed by atoms with Crippen molar-refractivity contribution in [2.24, 2.45) is 5.73 Å². The fourth-order valence-electron chi connectivity index (χ4n) is 1.90. The molecule has 1 rings (SSSR count). The summed E-state index contributed by atoms with van der Waals surface area (Å²) in [4.78, 5) is 11.6. The van der Waals surface area contributed by atoms with E-state index in [1.165, 1.54) is 12.8 Å². The van der Waals surface area contributed by atoms with Crippen molar-refractivity contribution in [1.82, 2.24) is 5.32 Å². The van der Waals surface area contributed by atoms with Crippen LogP contribution >= 0.6 is 11.8 Å². The van der Waals surface area contributed by atoms with E-state index in [1.807, 2.05) is 6.26 Å². The van der Waals surface area contributed by atoms with Gasteiger partial charge in [0.1, 0.15) is 0 Å². The number of ether oxygens (including phenoxy) is 1. The molecule has 1 heterocycles. The van der Waals surface area contributed by atoms with E-state index in [9.17, 15) is 4.79 Å². The summed E-state index contributed by atoms with van der Waals surface area (Å²) in [7, 11) is 0. The van der Waals surface area contributed by atoms with Crippen molar-refractivity contribution in [3.05, 3.63) is 0 Å². The van der Waals surface area contributed by atoms with Crippen LogP contribution in [0.4, 0.5) is 0 Å². The van der Waals surface area contributed by atoms with Gasteiger partial charge in [-0.2, -0.15) is 11.8 Å². The lowest BCUT2D eigenvalue weighted by molar-refractivity contribution is -0.122. The highest BCUT2D eigenvalue weighted by Crippen LogP contribution is 2.14. The molecule has 0 radical (unpaired) electrons. The normalized spacial score (nSPS) is 22.1. The Morgan fingerprint density at radius 3 is 3.06 bits per heavy atom. The fourth-order valence-corrected chi connectivity index (χ4v) is 2.39. The minimum absolute atomic E-state index is 0.0325. The van der Waals surface area contributed by atoms with Gasteiger partial charge in [-0.15, -0.1) is 0 Å². The topological polar surface area (TPSA) is 64.4 Å². The Morgan fingerprint density at radius 2 is 2.41 bits per heavy atom. The highest BCUT2D eigenvalue weighted by atomic mass is 32.2. The third-order valence-corrected chi connectivity index (χ3v) is 3.65. The summed E-state index contributed by atoms with van der Waals surface area (Å²) in [6.07, 6.45) is 7.52. The molecule has 17 heavy (non-hydrogen) atoms. The standard InChI is InChI=1S/C12H24N2O2S/c1-17-9-6-11(13)12(15)14-7-5-10-4-2-3-8-16-10/h10-11H,2-9,13H2,1H3,(H,14,15)/t10?,11-/m1/s1. The average Bonchev–Trinajstić information content (AvgIpc) is 2.37. The van der Waals surface area contributed by atoms with Crippen LogP contribution < -0.4 is 11.1 Å². The van der Waals surface area contributed by atoms with E-state index in [2.05, 4.69) is 5.32 Å². The Bertz CT molecular complexity index is 221. The van der Waals surface area contributed by atoms with Crippen molar-refractivity contribution >= 4 is 17.7 Å². The smallest absolute Gasteiger partial charge is 0.236 e. The minimum Gasteiger partial charge on any atom is -0.378 e. The maximum Gasteiger partial charge on any atom is 0.236 e. The number of rotatable bonds is 7. The molecular formula is C12H24N2O2S. The van der Waals surface area contributed by atoms with E-state index >= 15 is 0 Å². The van der Waals surface area contributed by atoms with Crippen LogP contribution in [0.3, 0.4) is 0 Å². The molecular weight excluding hydrogens is 236 g/mol. The highest BCUT2D eigenvalue weighted by Gasteiger charge is 2.15. The molecule has 0 saturated carbocycles. The van der Waals surface area contributed by atoms with Gasteiger partial charge in [0, 0.05) is 13.2 Å². The van der Waals surface area contributed by atoms with E-state index in [1.54, 1.807) is 11.8 Å². The van der Waals surface area contributed by atoms with Crippen molar-refractivity contribution < 1.29 is 9.53 Å². The fraction of sp³-hybridized carbons (Fsp3) is 0.917. The summed E-state index contributed by atoms with van der Waals surface area (Å²) in [5.74, 6) is 0.898. The average molecular weight is 260 g/mol. The highest BCUT2D eigenvalue weighted by molar-refractivity contribution is 7.98. The van der Waals surface area contributed by atoms with Crippen LogP contribution in [0.2, 0.25) is 0 Å². The molecule has 0 bridgehead atoms. The van der Waals surface area contributed by atoms with Crippen LogP contribution in [-0.4, -0.2) is 43.2 Å². The zero-order valence-electron chi connectivity index (χ0n) is 10.6. The van der Waals surface area contributed by atoms with Crippen molar-refractivity contribution in [3.63, 3.8) is 0 Å². The van der Waals surface area contributed by atoms with Crippen molar-refractivity contribution in [3.8, 4) is 0 Å². The first-order chi connectivity index (χ1) is 8.24. The van der Waals surface area contributed by atoms with Crippen LogP contribution in [0, 0.1) is 0 Å². The van der Waals surface area contributed by atoms with E-state index in [0.717, 1.165) is 31.6 Å². The molecule has 1 unspecified atom stereocenters. The van der Waals surface area contributed by atoms with Crippen LogP contribution in [-0.2, 0) is 9.53 Å². The second kappa shape index (κ2) is 8.78. The summed E-state index contributed by atoms with van der Waals surface area (Å²) in [6, 6.07) is -0.366. The summed E-state index contributed by atoms with van der Waals surface area (Å²) in [6.45, 7) is 1.54. The second-order valence-electron chi connectivity index (χ2n) is 4.46. The monoisotopic (exact) mass is 260 g/mol. The number of hydrogen-bond donors (Lipinski definition) is 2. The van der Waals surface area contributed by atoms with Gasteiger partial charge in [0.15, 0.2) is 0 Å². The molecule has 5 heteroatoms. The lowest BCUT2D eigenvalue weighted by Crippen LogP contribution is -2.42. The van der Waals surface area contributed by atoms with Gasteiger partial charge >= 0.3 is 0 Å². The quantitative estimate of drug-likeness (QED) is 0.720. The molecule has 3 N–H and O–H groups in total. The molecule has 1 fully saturated rings. The van der Waals surface area contributed by atoms with Crippen LogP contribution in [0.1, 0.15) is 32.1 Å². The van der Waals surface area contributed by atoms with E-state index in [-0.39, 0.29) is 11.9 Å². The molecule has 1 aliphatic heterocycles. The number of nitrogens with two attached hydrogens (primary N) is 1. The zero-order valence-corrected chi connectivity index (χ0v) is 11.4. The van der Waals surface area contributed by atoms with Crippen LogP contribution in [0.25, 0.3) is 0 Å². The first-order valence-corrected chi connectivity index (χ1v) is 7.77. The number of hydrogen-bond acceptors (Lipinski definition) is 4. The number of thioether (sulfide) groups is 1. The van der Waals surface area contributed by atoms with Gasteiger partial charge in [-0.05, 0) is 44.1 Å². The van der Waals surface area contributed by atoms with Gasteiger partial charge < -0.3 is 15.8 Å². The minimum atomic E-state index is -0.366. The predicted octanol–water partition coefficient (Wildman–Crippen LogP) is 1.14. The molecule has 0 spiro atoms. The third kappa shape index (κ3) is 6.29. The summed E-state index contributed by atoms with van der Waals surface area (Å²) < 4.78 is 5.60.